The van der Waals surface area contributed by atoms with Crippen LogP contribution in [-0.2, 0) is 6.42 Å². The molecule has 1 nitrogen and oxygen atoms in total. The second kappa shape index (κ2) is 4.56. The third kappa shape index (κ3) is 2.13. The lowest BCUT2D eigenvalue weighted by Gasteiger charge is -2.14. The number of rotatable bonds is 3. The Balaban J connectivity index is 3.17. The summed E-state index contributed by atoms with van der Waals surface area (Å²) in [4.78, 5) is 0. The summed E-state index contributed by atoms with van der Waals surface area (Å²) in [6.07, 6.45) is 0.692. The maximum absolute atomic E-state index is 13.3. The van der Waals surface area contributed by atoms with Gasteiger partial charge in [-0.05, 0) is 36.1 Å². The summed E-state index contributed by atoms with van der Waals surface area (Å²) < 4.78 is 13.3. The van der Waals surface area contributed by atoms with Crippen LogP contribution < -0.4 is 0 Å². The third-order valence-electron chi connectivity index (χ3n) is 2.62. The molecule has 0 aliphatic heterocycles. The third-order valence-corrected chi connectivity index (χ3v) is 2.62. The topological polar surface area (TPSA) is 20.2 Å². The van der Waals surface area contributed by atoms with Gasteiger partial charge in [-0.2, -0.15) is 0 Å². The lowest BCUT2D eigenvalue weighted by atomic mass is 9.94. The molecule has 0 saturated carbocycles. The summed E-state index contributed by atoms with van der Waals surface area (Å²) in [6, 6.07) is 3.42. The van der Waals surface area contributed by atoms with Gasteiger partial charge in [0.05, 0.1) is 0 Å². The summed E-state index contributed by atoms with van der Waals surface area (Å²) in [5.41, 5.74) is 2.69. The van der Waals surface area contributed by atoms with Gasteiger partial charge in [-0.15, -0.1) is 0 Å². The van der Waals surface area contributed by atoms with Gasteiger partial charge in [-0.25, -0.2) is 4.39 Å². The van der Waals surface area contributed by atoms with E-state index in [0.717, 1.165) is 16.7 Å². The van der Waals surface area contributed by atoms with Crippen molar-refractivity contribution < 1.29 is 9.50 Å². The van der Waals surface area contributed by atoms with Gasteiger partial charge in [0.2, 0.25) is 0 Å². The number of aliphatic hydroxyl groups is 1. The first-order chi connectivity index (χ1) is 6.60. The zero-order chi connectivity index (χ0) is 10.7. The molecule has 2 heteroatoms. The molecule has 0 saturated heterocycles. The quantitative estimate of drug-likeness (QED) is 0.788. The second-order valence-electron chi connectivity index (χ2n) is 3.74. The highest BCUT2D eigenvalue weighted by Crippen LogP contribution is 2.23. The van der Waals surface area contributed by atoms with Crippen molar-refractivity contribution in [3.63, 3.8) is 0 Å². The van der Waals surface area contributed by atoms with Gasteiger partial charge >= 0.3 is 0 Å². The first kappa shape index (κ1) is 11.2. The summed E-state index contributed by atoms with van der Waals surface area (Å²) in [7, 11) is 0. The van der Waals surface area contributed by atoms with E-state index in [0.29, 0.717) is 6.42 Å². The molecular weight excluding hydrogens is 179 g/mol. The Labute approximate surface area is 84.6 Å². The molecule has 1 N–H and O–H groups in total. The Morgan fingerprint density at radius 1 is 1.43 bits per heavy atom. The Morgan fingerprint density at radius 2 is 2.07 bits per heavy atom. The van der Waals surface area contributed by atoms with E-state index in [9.17, 15) is 4.39 Å². The Morgan fingerprint density at radius 3 is 2.57 bits per heavy atom. The van der Waals surface area contributed by atoms with Crippen molar-refractivity contribution in [2.45, 2.75) is 33.1 Å². The van der Waals surface area contributed by atoms with Gasteiger partial charge in [0.1, 0.15) is 5.82 Å². The van der Waals surface area contributed by atoms with Crippen LogP contribution in [0.1, 0.15) is 36.5 Å². The van der Waals surface area contributed by atoms with E-state index in [2.05, 4.69) is 0 Å². The molecule has 0 heterocycles. The summed E-state index contributed by atoms with van der Waals surface area (Å²) in [5.74, 6) is -0.0558. The molecule has 1 atom stereocenters. The van der Waals surface area contributed by atoms with Gasteiger partial charge in [-0.1, -0.05) is 19.9 Å². The summed E-state index contributed by atoms with van der Waals surface area (Å²) >= 11 is 0. The minimum absolute atomic E-state index is 0.0842. The van der Waals surface area contributed by atoms with Gasteiger partial charge in [-0.3, -0.25) is 0 Å². The van der Waals surface area contributed by atoms with E-state index in [1.807, 2.05) is 26.8 Å². The first-order valence-electron chi connectivity index (χ1n) is 4.99. The zero-order valence-electron chi connectivity index (χ0n) is 8.97. The molecule has 0 radical (unpaired) electrons. The Hall–Kier alpha value is -0.890. The van der Waals surface area contributed by atoms with Crippen molar-refractivity contribution in [2.24, 2.45) is 0 Å². The van der Waals surface area contributed by atoms with E-state index in [1.165, 1.54) is 0 Å². The average molecular weight is 196 g/mol. The van der Waals surface area contributed by atoms with Crippen molar-refractivity contribution in [1.29, 1.82) is 0 Å². The average Bonchev–Trinajstić information content (AvgIpc) is 2.17. The van der Waals surface area contributed by atoms with Crippen molar-refractivity contribution in [1.82, 2.24) is 0 Å². The number of halogens is 1. The van der Waals surface area contributed by atoms with Gasteiger partial charge < -0.3 is 5.11 Å². The monoisotopic (exact) mass is 196 g/mol. The number of aliphatic hydroxyl groups excluding tert-OH is 1. The fraction of sp³-hybridized carbons (Fsp3) is 0.500. The smallest absolute Gasteiger partial charge is 0.126 e. The first-order valence-corrected chi connectivity index (χ1v) is 4.99. The molecule has 0 aromatic heterocycles. The summed E-state index contributed by atoms with van der Waals surface area (Å²) in [5, 5.41) is 9.05. The molecule has 1 aromatic rings. The van der Waals surface area contributed by atoms with E-state index < -0.39 is 0 Å². The minimum Gasteiger partial charge on any atom is -0.396 e. The molecule has 78 valence electrons. The highest BCUT2D eigenvalue weighted by Gasteiger charge is 2.10. The van der Waals surface area contributed by atoms with Gasteiger partial charge in [0.15, 0.2) is 0 Å². The van der Waals surface area contributed by atoms with Crippen LogP contribution in [-0.4, -0.2) is 11.7 Å². The van der Waals surface area contributed by atoms with Crippen LogP contribution >= 0.6 is 0 Å². The minimum atomic E-state index is -0.140. The van der Waals surface area contributed by atoms with Crippen LogP contribution in [0, 0.1) is 12.7 Å². The fourth-order valence-electron chi connectivity index (χ4n) is 1.64. The lowest BCUT2D eigenvalue weighted by Crippen LogP contribution is -2.03. The van der Waals surface area contributed by atoms with Crippen molar-refractivity contribution in [3.8, 4) is 0 Å². The fourth-order valence-corrected chi connectivity index (χ4v) is 1.64. The normalized spacial score (nSPS) is 12.9. The van der Waals surface area contributed by atoms with Crippen molar-refractivity contribution >= 4 is 0 Å². The molecular formula is C12H17FO. The van der Waals surface area contributed by atoms with Crippen molar-refractivity contribution in [3.05, 3.63) is 34.6 Å². The second-order valence-corrected chi connectivity index (χ2v) is 3.74. The number of aryl methyl sites for hydroxylation is 2. The lowest BCUT2D eigenvalue weighted by molar-refractivity contribution is 0.272. The summed E-state index contributed by atoms with van der Waals surface area (Å²) in [6.45, 7) is 5.86. The van der Waals surface area contributed by atoms with E-state index in [-0.39, 0.29) is 18.3 Å². The Bertz CT molecular complexity index is 320. The molecule has 0 aliphatic carbocycles. The molecule has 1 rings (SSSR count). The SMILES string of the molecule is CCc1cc(C(C)CO)c(C)cc1F. The molecule has 0 amide bonds. The van der Waals surface area contributed by atoms with Crippen LogP contribution in [0.4, 0.5) is 4.39 Å². The van der Waals surface area contributed by atoms with Crippen LogP contribution in [0.15, 0.2) is 12.1 Å². The van der Waals surface area contributed by atoms with Gasteiger partial charge in [0, 0.05) is 12.5 Å². The number of hydrogen-bond acceptors (Lipinski definition) is 1. The molecule has 14 heavy (non-hydrogen) atoms. The number of benzene rings is 1. The van der Waals surface area contributed by atoms with Crippen LogP contribution in [0.3, 0.4) is 0 Å². The maximum Gasteiger partial charge on any atom is 0.126 e. The maximum atomic E-state index is 13.3. The molecule has 1 unspecified atom stereocenters. The molecule has 1 aromatic carbocycles. The predicted molar refractivity (Wildman–Crippen MR) is 56.0 cm³/mol. The highest BCUT2D eigenvalue weighted by molar-refractivity contribution is 5.34. The largest absolute Gasteiger partial charge is 0.396 e. The van der Waals surface area contributed by atoms with Crippen LogP contribution in [0.2, 0.25) is 0 Å². The molecule has 0 bridgehead atoms. The highest BCUT2D eigenvalue weighted by atomic mass is 19.1. The molecule has 0 spiro atoms. The number of hydrogen-bond donors (Lipinski definition) is 1. The van der Waals surface area contributed by atoms with E-state index in [1.54, 1.807) is 6.07 Å². The van der Waals surface area contributed by atoms with E-state index in [4.69, 9.17) is 5.11 Å². The standard InChI is InChI=1S/C12H17FO/c1-4-10-6-11(9(3)7-14)8(2)5-12(10)13/h5-6,9,14H,4,7H2,1-3H3. The molecule has 0 fully saturated rings. The van der Waals surface area contributed by atoms with Crippen molar-refractivity contribution in [2.75, 3.05) is 6.61 Å². The van der Waals surface area contributed by atoms with Crippen LogP contribution in [0.5, 0.6) is 0 Å². The van der Waals surface area contributed by atoms with E-state index >= 15 is 0 Å². The Kier molecular flexibility index (Phi) is 3.64. The van der Waals surface area contributed by atoms with Gasteiger partial charge in [0.25, 0.3) is 0 Å². The predicted octanol–water partition coefficient (Wildman–Crippen LogP) is 2.79. The zero-order valence-corrected chi connectivity index (χ0v) is 8.97. The van der Waals surface area contributed by atoms with Crippen LogP contribution in [0.25, 0.3) is 0 Å². The molecule has 0 aliphatic rings.